The van der Waals surface area contributed by atoms with Gasteiger partial charge in [-0.25, -0.2) is 0 Å². The highest BCUT2D eigenvalue weighted by atomic mass is 32.2. The number of hydrogen-bond donors (Lipinski definition) is 1. The topological polar surface area (TPSA) is 49.8 Å². The first kappa shape index (κ1) is 13.2. The van der Waals surface area contributed by atoms with Crippen molar-refractivity contribution in [3.8, 4) is 0 Å². The summed E-state index contributed by atoms with van der Waals surface area (Å²) in [6, 6.07) is 0.606. The van der Waals surface area contributed by atoms with E-state index in [0.717, 1.165) is 13.1 Å². The highest BCUT2D eigenvalue weighted by Crippen LogP contribution is 2.30. The van der Waals surface area contributed by atoms with Gasteiger partial charge in [-0.15, -0.1) is 0 Å². The summed E-state index contributed by atoms with van der Waals surface area (Å²) in [5.74, 6) is 0.503. The van der Waals surface area contributed by atoms with Crippen LogP contribution in [0.1, 0.15) is 26.2 Å². The van der Waals surface area contributed by atoms with E-state index in [1.807, 2.05) is 11.8 Å². The van der Waals surface area contributed by atoms with E-state index in [2.05, 4.69) is 11.8 Å². The monoisotopic (exact) mass is 259 g/mol. The minimum atomic E-state index is -0.761. The lowest BCUT2D eigenvalue weighted by molar-refractivity contribution is -0.142. The molecule has 1 N–H and O–H groups in total. The zero-order chi connectivity index (χ0) is 12.3. The van der Waals surface area contributed by atoms with Crippen LogP contribution in [0.4, 0.5) is 0 Å². The molecule has 2 heterocycles. The van der Waals surface area contributed by atoms with Crippen molar-refractivity contribution in [1.29, 1.82) is 0 Å². The number of carboxylic acids is 1. The second kappa shape index (κ2) is 6.07. The number of nitrogens with zero attached hydrogens (tertiary/aromatic N) is 1. The summed E-state index contributed by atoms with van der Waals surface area (Å²) in [6.07, 6.45) is 2.53. The van der Waals surface area contributed by atoms with Crippen LogP contribution in [-0.2, 0) is 9.53 Å². The molecule has 0 aliphatic carbocycles. The molecule has 0 amide bonds. The maximum absolute atomic E-state index is 10.7. The molecule has 0 aromatic carbocycles. The lowest BCUT2D eigenvalue weighted by atomic mass is 10.0. The molecule has 2 aliphatic rings. The summed E-state index contributed by atoms with van der Waals surface area (Å²) in [4.78, 5) is 13.2. The maximum Gasteiger partial charge on any atom is 0.306 e. The summed E-state index contributed by atoms with van der Waals surface area (Å²) in [5.41, 5.74) is 0. The summed E-state index contributed by atoms with van der Waals surface area (Å²) >= 11 is 2.04. The Labute approximate surface area is 107 Å². The minimum Gasteiger partial charge on any atom is -0.481 e. The third kappa shape index (κ3) is 3.60. The van der Waals surface area contributed by atoms with E-state index < -0.39 is 5.97 Å². The zero-order valence-electron chi connectivity index (χ0n) is 10.3. The van der Waals surface area contributed by atoms with Crippen molar-refractivity contribution in [2.24, 2.45) is 0 Å². The highest BCUT2D eigenvalue weighted by Gasteiger charge is 2.32. The van der Waals surface area contributed by atoms with Crippen LogP contribution in [0.2, 0.25) is 0 Å². The van der Waals surface area contributed by atoms with Crippen molar-refractivity contribution in [3.63, 3.8) is 0 Å². The number of rotatable bonds is 3. The molecule has 0 aromatic rings. The van der Waals surface area contributed by atoms with Gasteiger partial charge in [-0.2, -0.15) is 11.8 Å². The molecule has 2 aliphatic heterocycles. The van der Waals surface area contributed by atoms with E-state index >= 15 is 0 Å². The van der Waals surface area contributed by atoms with E-state index in [4.69, 9.17) is 9.84 Å². The van der Waals surface area contributed by atoms with Crippen molar-refractivity contribution in [2.45, 2.75) is 43.6 Å². The van der Waals surface area contributed by atoms with Crippen LogP contribution in [-0.4, -0.2) is 58.8 Å². The molecule has 98 valence electrons. The Hall–Kier alpha value is -0.260. The van der Waals surface area contributed by atoms with Crippen molar-refractivity contribution >= 4 is 17.7 Å². The molecule has 0 bridgehead atoms. The van der Waals surface area contributed by atoms with Gasteiger partial charge in [0.1, 0.15) is 0 Å². The maximum atomic E-state index is 10.7. The average Bonchev–Trinajstić information content (AvgIpc) is 2.29. The van der Waals surface area contributed by atoms with Crippen molar-refractivity contribution < 1.29 is 14.6 Å². The summed E-state index contributed by atoms with van der Waals surface area (Å²) < 4.78 is 5.52. The first-order chi connectivity index (χ1) is 8.16. The van der Waals surface area contributed by atoms with Crippen molar-refractivity contribution in [3.05, 3.63) is 0 Å². The van der Waals surface area contributed by atoms with Crippen LogP contribution in [0.5, 0.6) is 0 Å². The zero-order valence-corrected chi connectivity index (χ0v) is 11.1. The predicted octanol–water partition coefficient (Wildman–Crippen LogP) is 1.45. The lowest BCUT2D eigenvalue weighted by Crippen LogP contribution is -2.52. The van der Waals surface area contributed by atoms with Crippen molar-refractivity contribution in [1.82, 2.24) is 4.90 Å². The van der Waals surface area contributed by atoms with Crippen LogP contribution in [0.3, 0.4) is 0 Å². The van der Waals surface area contributed by atoms with E-state index in [9.17, 15) is 4.79 Å². The SMILES string of the molecule is CC1SCCCC1N1CCOC(CC(=O)O)C1. The molecule has 3 unspecified atom stereocenters. The Kier molecular flexibility index (Phi) is 4.70. The predicted molar refractivity (Wildman–Crippen MR) is 68.5 cm³/mol. The molecule has 2 saturated heterocycles. The van der Waals surface area contributed by atoms with E-state index in [0.29, 0.717) is 17.9 Å². The average molecular weight is 259 g/mol. The normalized spacial score (nSPS) is 35.7. The van der Waals surface area contributed by atoms with Gasteiger partial charge < -0.3 is 9.84 Å². The highest BCUT2D eigenvalue weighted by molar-refractivity contribution is 7.99. The fraction of sp³-hybridized carbons (Fsp3) is 0.917. The smallest absolute Gasteiger partial charge is 0.306 e. The molecular weight excluding hydrogens is 238 g/mol. The van der Waals surface area contributed by atoms with Crippen molar-refractivity contribution in [2.75, 3.05) is 25.4 Å². The minimum absolute atomic E-state index is 0.125. The molecule has 3 atom stereocenters. The van der Waals surface area contributed by atoms with Gasteiger partial charge in [0.05, 0.1) is 19.1 Å². The number of aliphatic carboxylic acids is 1. The molecule has 0 aromatic heterocycles. The summed E-state index contributed by atoms with van der Waals surface area (Å²) in [7, 11) is 0. The fourth-order valence-corrected chi connectivity index (χ4v) is 3.98. The molecule has 2 rings (SSSR count). The summed E-state index contributed by atoms with van der Waals surface area (Å²) in [5, 5.41) is 9.47. The van der Waals surface area contributed by atoms with Crippen LogP contribution in [0.25, 0.3) is 0 Å². The second-order valence-electron chi connectivity index (χ2n) is 4.87. The fourth-order valence-electron chi connectivity index (χ4n) is 2.75. The molecule has 17 heavy (non-hydrogen) atoms. The number of thioether (sulfide) groups is 1. The van der Waals surface area contributed by atoms with Gasteiger partial charge in [-0.3, -0.25) is 9.69 Å². The molecular formula is C12H21NO3S. The van der Waals surface area contributed by atoms with Crippen LogP contribution in [0, 0.1) is 0 Å². The molecule has 0 saturated carbocycles. The third-order valence-corrected chi connectivity index (χ3v) is 4.97. The van der Waals surface area contributed by atoms with Gasteiger partial charge in [0, 0.05) is 24.4 Å². The van der Waals surface area contributed by atoms with Crippen LogP contribution < -0.4 is 0 Å². The standard InChI is InChI=1S/C12H21NO3S/c1-9-11(3-2-6-17-9)13-4-5-16-10(8-13)7-12(14)15/h9-11H,2-8H2,1H3,(H,14,15). The van der Waals surface area contributed by atoms with Crippen LogP contribution in [0.15, 0.2) is 0 Å². The first-order valence-corrected chi connectivity index (χ1v) is 7.40. The van der Waals surface area contributed by atoms with Gasteiger partial charge >= 0.3 is 5.97 Å². The Bertz CT molecular complexity index is 274. The lowest BCUT2D eigenvalue weighted by Gasteiger charge is -2.42. The quantitative estimate of drug-likeness (QED) is 0.831. The Balaban J connectivity index is 1.89. The molecule has 4 nitrogen and oxygen atoms in total. The van der Waals surface area contributed by atoms with Crippen LogP contribution >= 0.6 is 11.8 Å². The van der Waals surface area contributed by atoms with Gasteiger partial charge in [-0.1, -0.05) is 6.92 Å². The number of hydrogen-bond acceptors (Lipinski definition) is 4. The number of morpholine rings is 1. The molecule has 0 radical (unpaired) electrons. The Morgan fingerprint density at radius 1 is 1.59 bits per heavy atom. The largest absolute Gasteiger partial charge is 0.481 e. The second-order valence-corrected chi connectivity index (χ2v) is 6.36. The molecule has 2 fully saturated rings. The van der Waals surface area contributed by atoms with Gasteiger partial charge in [-0.05, 0) is 18.6 Å². The van der Waals surface area contributed by atoms with Gasteiger partial charge in [0.25, 0.3) is 0 Å². The van der Waals surface area contributed by atoms with E-state index in [1.165, 1.54) is 18.6 Å². The number of carboxylic acid groups (broad SMARTS) is 1. The van der Waals surface area contributed by atoms with Gasteiger partial charge in [0.15, 0.2) is 0 Å². The van der Waals surface area contributed by atoms with Gasteiger partial charge in [0.2, 0.25) is 0 Å². The Morgan fingerprint density at radius 2 is 2.41 bits per heavy atom. The summed E-state index contributed by atoms with van der Waals surface area (Å²) in [6.45, 7) is 4.69. The van der Waals surface area contributed by atoms with E-state index in [-0.39, 0.29) is 12.5 Å². The number of ether oxygens (including phenoxy) is 1. The molecule has 5 heteroatoms. The first-order valence-electron chi connectivity index (χ1n) is 6.36. The number of carbonyl (C=O) groups is 1. The Morgan fingerprint density at radius 3 is 3.12 bits per heavy atom. The van der Waals surface area contributed by atoms with E-state index in [1.54, 1.807) is 0 Å². The molecule has 0 spiro atoms. The third-order valence-electron chi connectivity index (χ3n) is 3.61.